The highest BCUT2D eigenvalue weighted by Gasteiger charge is 2.52. The fraction of sp³-hybridized carbons (Fsp3) is 0.0511. The molecular weight excluding hydrogens is 1810 g/mol. The molecule has 0 N–H and O–H groups in total. The summed E-state index contributed by atoms with van der Waals surface area (Å²) in [5.41, 5.74) is 42.5. The Kier molecular flexibility index (Phi) is 22.6. The van der Waals surface area contributed by atoms with E-state index in [1.54, 1.807) is 0 Å². The molecule has 0 amide bonds. The molecule has 24 aromatic rings. The standard InChI is InChI=1S/C51H32N4.C45H32N4.C41H30N4/c1-2-13-35(14-3-1)48-53-49(55-50(54-48)37-30-26-34(27-31-37)46-23-10-11-32-52-46)36-28-24-33(25-29-36)38-18-12-22-45-47(38)41-17-6-9-21-44(41)51(45)42-19-7-4-15-39(42)40-16-5-8-20-43(40)51;1-45(2)40-23-21-36(28-39(40)38-22-20-32-8-6-7-11-37(32)41(38)45)30-14-18-35(19-15-30)44-48-42(33-9-4-3-5-10-33)47-43(49-44)34-16-12-29(13-17-34)31-24-26-46-27-25-31;1-41(2)34-18-10-9-16-33(34)37-32(17-11-19-35(37)41)27-20-22-30(23-21-27)39-43-38(29-14-7-4-8-15-29)44-40(45-39)31-24-25-36(42-26-31)28-12-5-3-6-13-28/h1-32H;3-28H,1-2H3;3-26H,1-2H3. The maximum Gasteiger partial charge on any atom is 0.165 e. The fourth-order valence-electron chi connectivity index (χ4n) is 22.6. The molecule has 0 radical (unpaired) electrons. The van der Waals surface area contributed by atoms with Crippen molar-refractivity contribution >= 4 is 10.8 Å². The van der Waals surface area contributed by atoms with Gasteiger partial charge in [-0.1, -0.05) is 458 Å². The molecule has 702 valence electrons. The molecule has 6 aromatic heterocycles. The largest absolute Gasteiger partial charge is 0.265 e. The van der Waals surface area contributed by atoms with Crippen molar-refractivity contribution in [1.29, 1.82) is 0 Å². The van der Waals surface area contributed by atoms with Crippen molar-refractivity contribution in [2.75, 3.05) is 0 Å². The van der Waals surface area contributed by atoms with E-state index < -0.39 is 0 Å². The van der Waals surface area contributed by atoms with Crippen LogP contribution >= 0.6 is 0 Å². The summed E-state index contributed by atoms with van der Waals surface area (Å²) in [5, 5.41) is 2.63. The van der Waals surface area contributed by atoms with Crippen LogP contribution in [0.5, 0.6) is 0 Å². The maximum atomic E-state index is 5.04. The zero-order chi connectivity index (χ0) is 99.7. The van der Waals surface area contributed by atoms with Crippen molar-refractivity contribution in [3.8, 4) is 214 Å². The number of rotatable bonds is 15. The lowest BCUT2D eigenvalue weighted by Gasteiger charge is -2.30. The minimum atomic E-state index is -0.375. The predicted octanol–water partition coefficient (Wildman–Crippen LogP) is 32.9. The predicted molar refractivity (Wildman–Crippen MR) is 603 cm³/mol. The molecule has 0 atom stereocenters. The normalized spacial score (nSPS) is 12.9. The molecule has 0 aliphatic heterocycles. The van der Waals surface area contributed by atoms with Crippen LogP contribution in [0.1, 0.15) is 72.2 Å². The molecule has 4 aliphatic rings. The number of benzene rings is 18. The van der Waals surface area contributed by atoms with E-state index in [1.807, 2.05) is 176 Å². The second-order valence-electron chi connectivity index (χ2n) is 39.3. The van der Waals surface area contributed by atoms with Crippen molar-refractivity contribution in [2.24, 2.45) is 0 Å². The van der Waals surface area contributed by atoms with Gasteiger partial charge in [0, 0.05) is 96.8 Å². The SMILES string of the molecule is CC1(C)c2ccc(-c3ccc(-c4nc(-c5ccccc5)nc(-c5ccc(-c6ccncc6)cc5)n4)cc3)cc2-c2ccc3ccccc3c21.CC1(C)c2ccccc2-c2c(-c3ccc(-c4nc(-c5ccccc5)nc(-c5ccc(-c6ccccc6)nc5)n4)cc3)cccc21.c1ccc(-c2nc(-c3ccc(-c4ccccn4)cc3)nc(-c3ccc(-c4cccc5c4-c4ccccc4C54c5ccccc5-c5ccccc54)cc3)n2)cc1. The van der Waals surface area contributed by atoms with Crippen LogP contribution in [0.25, 0.3) is 225 Å². The van der Waals surface area contributed by atoms with E-state index in [9.17, 15) is 0 Å². The quantitative estimate of drug-likeness (QED) is 0.0959. The molecule has 0 saturated carbocycles. The summed E-state index contributed by atoms with van der Waals surface area (Å²) in [4.78, 5) is 58.0. The summed E-state index contributed by atoms with van der Waals surface area (Å²) in [7, 11) is 0. The van der Waals surface area contributed by atoms with Crippen molar-refractivity contribution in [3.63, 3.8) is 0 Å². The highest BCUT2D eigenvalue weighted by molar-refractivity contribution is 6.02. The highest BCUT2D eigenvalue weighted by atomic mass is 15.1. The first-order valence-electron chi connectivity index (χ1n) is 50.5. The molecule has 28 rings (SSSR count). The molecular formula is C137H94N12. The van der Waals surface area contributed by atoms with E-state index in [4.69, 9.17) is 49.8 Å². The van der Waals surface area contributed by atoms with Gasteiger partial charge < -0.3 is 0 Å². The van der Waals surface area contributed by atoms with Crippen LogP contribution < -0.4 is 0 Å². The number of nitrogens with zero attached hydrogens (tertiary/aromatic N) is 12. The van der Waals surface area contributed by atoms with Gasteiger partial charge in [-0.15, -0.1) is 0 Å². The zero-order valence-electron chi connectivity index (χ0n) is 82.2. The Morgan fingerprint density at radius 3 is 0.960 bits per heavy atom. The van der Waals surface area contributed by atoms with Crippen molar-refractivity contribution in [3.05, 3.63) is 542 Å². The second kappa shape index (κ2) is 37.5. The number of hydrogen-bond donors (Lipinski definition) is 0. The lowest BCUT2D eigenvalue weighted by atomic mass is 9.70. The zero-order valence-corrected chi connectivity index (χ0v) is 82.2. The summed E-state index contributed by atoms with van der Waals surface area (Å²) in [6, 6.07) is 166. The lowest BCUT2D eigenvalue weighted by Crippen LogP contribution is -2.25. The Labute approximate surface area is 865 Å². The first-order valence-corrected chi connectivity index (χ1v) is 50.5. The van der Waals surface area contributed by atoms with Crippen LogP contribution in [-0.4, -0.2) is 59.8 Å². The van der Waals surface area contributed by atoms with Crippen LogP contribution in [-0.2, 0) is 16.2 Å². The van der Waals surface area contributed by atoms with Gasteiger partial charge in [0.15, 0.2) is 52.4 Å². The number of hydrogen-bond acceptors (Lipinski definition) is 12. The van der Waals surface area contributed by atoms with Gasteiger partial charge in [-0.25, -0.2) is 44.9 Å². The molecule has 149 heavy (non-hydrogen) atoms. The minimum Gasteiger partial charge on any atom is -0.265 e. The Bertz CT molecular complexity index is 9190. The Morgan fingerprint density at radius 1 is 0.168 bits per heavy atom. The van der Waals surface area contributed by atoms with Gasteiger partial charge in [-0.05, 0) is 187 Å². The van der Waals surface area contributed by atoms with Gasteiger partial charge in [0.2, 0.25) is 0 Å². The summed E-state index contributed by atoms with van der Waals surface area (Å²) < 4.78 is 0. The van der Waals surface area contributed by atoms with Crippen LogP contribution in [0.3, 0.4) is 0 Å². The van der Waals surface area contributed by atoms with Crippen LogP contribution in [0.4, 0.5) is 0 Å². The Hall–Kier alpha value is -19.3. The molecule has 12 heteroatoms. The second-order valence-corrected chi connectivity index (χ2v) is 39.3. The molecule has 0 saturated heterocycles. The van der Waals surface area contributed by atoms with Crippen molar-refractivity contribution in [1.82, 2.24) is 59.8 Å². The van der Waals surface area contributed by atoms with Gasteiger partial charge in [-0.3, -0.25) is 15.0 Å². The van der Waals surface area contributed by atoms with Crippen LogP contribution in [0.2, 0.25) is 0 Å². The van der Waals surface area contributed by atoms with Crippen LogP contribution in [0, 0.1) is 0 Å². The van der Waals surface area contributed by atoms with E-state index in [-0.39, 0.29) is 16.2 Å². The molecule has 18 aromatic carbocycles. The van der Waals surface area contributed by atoms with E-state index in [0.29, 0.717) is 52.4 Å². The third-order valence-electron chi connectivity index (χ3n) is 29.9. The van der Waals surface area contributed by atoms with Crippen molar-refractivity contribution in [2.45, 2.75) is 43.9 Å². The average molecular weight is 1910 g/mol. The molecule has 0 bridgehead atoms. The average Bonchev–Trinajstić information content (AvgIpc) is 1.50. The molecule has 0 unspecified atom stereocenters. The van der Waals surface area contributed by atoms with E-state index >= 15 is 0 Å². The minimum absolute atomic E-state index is 0.0366. The smallest absolute Gasteiger partial charge is 0.165 e. The number of fused-ring (bicyclic) bond motifs is 18. The number of pyridine rings is 3. The van der Waals surface area contributed by atoms with Gasteiger partial charge in [-0.2, -0.15) is 0 Å². The number of aromatic nitrogens is 12. The molecule has 0 fully saturated rings. The lowest BCUT2D eigenvalue weighted by molar-refractivity contribution is 0.660. The maximum absolute atomic E-state index is 5.04. The summed E-state index contributed by atoms with van der Waals surface area (Å²) in [6.45, 7) is 9.33. The monoisotopic (exact) mass is 1910 g/mol. The van der Waals surface area contributed by atoms with E-state index in [0.717, 1.165) is 94.8 Å². The third-order valence-corrected chi connectivity index (χ3v) is 29.9. The summed E-state index contributed by atoms with van der Waals surface area (Å²) >= 11 is 0. The van der Waals surface area contributed by atoms with Crippen LogP contribution in [0.15, 0.2) is 498 Å². The molecule has 4 aliphatic carbocycles. The van der Waals surface area contributed by atoms with Crippen molar-refractivity contribution < 1.29 is 0 Å². The summed E-state index contributed by atoms with van der Waals surface area (Å²) in [6.07, 6.45) is 7.27. The molecule has 1 spiro atoms. The van der Waals surface area contributed by atoms with E-state index in [1.165, 1.54) is 122 Å². The van der Waals surface area contributed by atoms with Gasteiger partial charge in [0.05, 0.1) is 16.8 Å². The summed E-state index contributed by atoms with van der Waals surface area (Å²) in [5.74, 6) is 5.68. The van der Waals surface area contributed by atoms with Gasteiger partial charge in [0.1, 0.15) is 0 Å². The topological polar surface area (TPSA) is 155 Å². The van der Waals surface area contributed by atoms with Gasteiger partial charge >= 0.3 is 0 Å². The Morgan fingerprint density at radius 2 is 0.490 bits per heavy atom. The van der Waals surface area contributed by atoms with Gasteiger partial charge in [0.25, 0.3) is 0 Å². The highest BCUT2D eigenvalue weighted by Crippen LogP contribution is 2.65. The first-order chi connectivity index (χ1) is 73.4. The molecule has 6 heterocycles. The first kappa shape index (κ1) is 89.8. The molecule has 12 nitrogen and oxygen atoms in total. The third kappa shape index (κ3) is 16.1. The fourth-order valence-corrected chi connectivity index (χ4v) is 22.6. The van der Waals surface area contributed by atoms with E-state index in [2.05, 4.69) is 359 Å². The Balaban J connectivity index is 0.000000114.